The number of fused-ring (bicyclic) bond motifs is 4. The number of pyridine rings is 1. The van der Waals surface area contributed by atoms with Crippen LogP contribution in [0.3, 0.4) is 0 Å². The maximum absolute atomic E-state index is 4.66. The van der Waals surface area contributed by atoms with Crippen molar-refractivity contribution in [2.75, 3.05) is 0 Å². The Morgan fingerprint density at radius 2 is 2.10 bits per heavy atom. The van der Waals surface area contributed by atoms with E-state index in [1.165, 1.54) is 29.8 Å². The Bertz CT molecular complexity index is 682. The number of rotatable bonds is 2. The van der Waals surface area contributed by atoms with Gasteiger partial charge < -0.3 is 0 Å². The molecule has 4 rings (SSSR count). The Hall–Kier alpha value is -1.81. The van der Waals surface area contributed by atoms with Crippen molar-refractivity contribution in [1.82, 2.24) is 19.9 Å². The molecule has 4 nitrogen and oxygen atoms in total. The zero-order valence-corrected chi connectivity index (χ0v) is 12.6. The molecule has 2 aromatic rings. The van der Waals surface area contributed by atoms with E-state index in [1.54, 1.807) is 0 Å². The van der Waals surface area contributed by atoms with Gasteiger partial charge in [0.2, 0.25) is 0 Å². The molecule has 0 saturated carbocycles. The molecule has 2 aliphatic heterocycles. The van der Waals surface area contributed by atoms with E-state index in [1.807, 2.05) is 13.1 Å². The lowest BCUT2D eigenvalue weighted by atomic mass is 9.99. The van der Waals surface area contributed by atoms with E-state index < -0.39 is 0 Å². The van der Waals surface area contributed by atoms with Crippen LogP contribution in [0.25, 0.3) is 0 Å². The molecule has 0 amide bonds. The van der Waals surface area contributed by atoms with E-state index in [0.29, 0.717) is 12.1 Å². The largest absolute Gasteiger partial charge is 0.287 e. The van der Waals surface area contributed by atoms with E-state index in [-0.39, 0.29) is 0 Å². The Labute approximate surface area is 125 Å². The topological polar surface area (TPSA) is 41.9 Å². The molecular weight excluding hydrogens is 260 g/mol. The Kier molecular flexibility index (Phi) is 3.00. The van der Waals surface area contributed by atoms with Crippen LogP contribution in [-0.4, -0.2) is 25.9 Å². The van der Waals surface area contributed by atoms with E-state index in [2.05, 4.69) is 45.0 Å². The van der Waals surface area contributed by atoms with Gasteiger partial charge in [0, 0.05) is 42.5 Å². The van der Waals surface area contributed by atoms with Crippen LogP contribution < -0.4 is 0 Å². The standard InChI is InChI=1S/C17H20N4/c1-11-4-3-5-13(19-11)10-21-14-6-7-17(21)15-9-18-12(2)20-16(15)8-14/h3-5,9,14,17H,6-8,10H2,1-2H3/t14-,17-/m1/s1. The van der Waals surface area contributed by atoms with Gasteiger partial charge in [-0.15, -0.1) is 0 Å². The van der Waals surface area contributed by atoms with Gasteiger partial charge in [0.05, 0.1) is 11.4 Å². The second-order valence-electron chi connectivity index (χ2n) is 6.21. The lowest BCUT2D eigenvalue weighted by molar-refractivity contribution is 0.164. The Morgan fingerprint density at radius 3 is 2.95 bits per heavy atom. The fourth-order valence-electron chi connectivity index (χ4n) is 3.80. The minimum Gasteiger partial charge on any atom is -0.287 e. The molecule has 1 fully saturated rings. The van der Waals surface area contributed by atoms with Crippen molar-refractivity contribution in [3.8, 4) is 0 Å². The average Bonchev–Trinajstić information content (AvgIpc) is 2.73. The highest BCUT2D eigenvalue weighted by Crippen LogP contribution is 2.43. The maximum atomic E-state index is 4.66. The van der Waals surface area contributed by atoms with Crippen molar-refractivity contribution in [3.63, 3.8) is 0 Å². The average molecular weight is 280 g/mol. The molecule has 4 heterocycles. The summed E-state index contributed by atoms with van der Waals surface area (Å²) in [6, 6.07) is 7.37. The molecule has 2 aromatic heterocycles. The second-order valence-corrected chi connectivity index (χ2v) is 6.21. The van der Waals surface area contributed by atoms with Gasteiger partial charge in [-0.05, 0) is 38.8 Å². The first-order valence-corrected chi connectivity index (χ1v) is 7.71. The predicted molar refractivity (Wildman–Crippen MR) is 80.8 cm³/mol. The number of aryl methyl sites for hydroxylation is 2. The summed E-state index contributed by atoms with van der Waals surface area (Å²) in [5.74, 6) is 0.891. The summed E-state index contributed by atoms with van der Waals surface area (Å²) in [6.45, 7) is 4.97. The van der Waals surface area contributed by atoms with Crippen molar-refractivity contribution in [3.05, 3.63) is 52.9 Å². The highest BCUT2D eigenvalue weighted by Gasteiger charge is 2.40. The van der Waals surface area contributed by atoms with Crippen LogP contribution in [0, 0.1) is 13.8 Å². The zero-order chi connectivity index (χ0) is 14.4. The van der Waals surface area contributed by atoms with Crippen LogP contribution in [-0.2, 0) is 13.0 Å². The molecule has 2 aliphatic rings. The fourth-order valence-corrected chi connectivity index (χ4v) is 3.80. The van der Waals surface area contributed by atoms with Gasteiger partial charge in [0.25, 0.3) is 0 Å². The van der Waals surface area contributed by atoms with Gasteiger partial charge in [-0.2, -0.15) is 0 Å². The fraction of sp³-hybridized carbons (Fsp3) is 0.471. The number of nitrogens with zero attached hydrogens (tertiary/aromatic N) is 4. The summed E-state index contributed by atoms with van der Waals surface area (Å²) in [5.41, 5.74) is 4.87. The lowest BCUT2D eigenvalue weighted by Crippen LogP contribution is -2.37. The number of aromatic nitrogens is 3. The Morgan fingerprint density at radius 1 is 1.19 bits per heavy atom. The first-order valence-electron chi connectivity index (χ1n) is 7.71. The minimum atomic E-state index is 0.474. The first kappa shape index (κ1) is 12.9. The maximum Gasteiger partial charge on any atom is 0.125 e. The summed E-state index contributed by atoms with van der Waals surface area (Å²) >= 11 is 0. The van der Waals surface area contributed by atoms with Crippen molar-refractivity contribution in [2.24, 2.45) is 0 Å². The summed E-state index contributed by atoms with van der Waals surface area (Å²) in [4.78, 5) is 16.3. The van der Waals surface area contributed by atoms with Gasteiger partial charge in [0.15, 0.2) is 0 Å². The van der Waals surface area contributed by atoms with Gasteiger partial charge in [0.1, 0.15) is 5.82 Å². The molecule has 0 aromatic carbocycles. The molecular formula is C17H20N4. The van der Waals surface area contributed by atoms with Crippen molar-refractivity contribution < 1.29 is 0 Å². The van der Waals surface area contributed by atoms with E-state index >= 15 is 0 Å². The molecule has 0 spiro atoms. The SMILES string of the molecule is Cc1cccc(CN2[C@@H]3CC[C@@H]2c2cnc(C)nc2C3)n1. The molecule has 0 aliphatic carbocycles. The molecule has 0 radical (unpaired) electrons. The summed E-state index contributed by atoms with van der Waals surface area (Å²) in [7, 11) is 0. The number of hydrogen-bond donors (Lipinski definition) is 0. The van der Waals surface area contributed by atoms with Gasteiger partial charge >= 0.3 is 0 Å². The first-order chi connectivity index (χ1) is 10.2. The van der Waals surface area contributed by atoms with Crippen LogP contribution in [0.15, 0.2) is 24.4 Å². The van der Waals surface area contributed by atoms with Crippen molar-refractivity contribution in [2.45, 2.75) is 51.7 Å². The highest BCUT2D eigenvalue weighted by atomic mass is 15.2. The van der Waals surface area contributed by atoms with Crippen LogP contribution in [0.1, 0.15) is 47.4 Å². The molecule has 2 atom stereocenters. The molecule has 108 valence electrons. The smallest absolute Gasteiger partial charge is 0.125 e. The summed E-state index contributed by atoms with van der Waals surface area (Å²) in [5, 5.41) is 0. The lowest BCUT2D eigenvalue weighted by Gasteiger charge is -2.35. The van der Waals surface area contributed by atoms with Crippen molar-refractivity contribution in [1.29, 1.82) is 0 Å². The zero-order valence-electron chi connectivity index (χ0n) is 12.6. The van der Waals surface area contributed by atoms with E-state index in [4.69, 9.17) is 0 Å². The monoisotopic (exact) mass is 280 g/mol. The molecule has 0 N–H and O–H groups in total. The van der Waals surface area contributed by atoms with E-state index in [0.717, 1.165) is 24.5 Å². The predicted octanol–water partition coefficient (Wildman–Crippen LogP) is 2.75. The third-order valence-corrected chi connectivity index (χ3v) is 4.74. The molecule has 0 unspecified atom stereocenters. The van der Waals surface area contributed by atoms with Crippen LogP contribution in [0.5, 0.6) is 0 Å². The molecule has 21 heavy (non-hydrogen) atoms. The van der Waals surface area contributed by atoms with Crippen LogP contribution in [0.4, 0.5) is 0 Å². The number of hydrogen-bond acceptors (Lipinski definition) is 4. The van der Waals surface area contributed by atoms with Gasteiger partial charge in [-0.3, -0.25) is 9.88 Å². The second kappa shape index (κ2) is 4.88. The minimum absolute atomic E-state index is 0.474. The molecule has 1 saturated heterocycles. The van der Waals surface area contributed by atoms with Gasteiger partial charge in [-0.1, -0.05) is 6.07 Å². The Balaban J connectivity index is 1.65. The van der Waals surface area contributed by atoms with Gasteiger partial charge in [-0.25, -0.2) is 9.97 Å². The van der Waals surface area contributed by atoms with E-state index in [9.17, 15) is 0 Å². The summed E-state index contributed by atoms with van der Waals surface area (Å²) in [6.07, 6.45) is 5.57. The molecule has 2 bridgehead atoms. The third-order valence-electron chi connectivity index (χ3n) is 4.74. The highest BCUT2D eigenvalue weighted by molar-refractivity contribution is 5.29. The molecule has 4 heteroatoms. The van der Waals surface area contributed by atoms with Crippen molar-refractivity contribution >= 4 is 0 Å². The van der Waals surface area contributed by atoms with Crippen LogP contribution in [0.2, 0.25) is 0 Å². The quantitative estimate of drug-likeness (QED) is 0.848. The third kappa shape index (κ3) is 2.23. The normalized spacial score (nSPS) is 24.1. The summed E-state index contributed by atoms with van der Waals surface area (Å²) < 4.78 is 0. The van der Waals surface area contributed by atoms with Crippen LogP contribution >= 0.6 is 0 Å².